The van der Waals surface area contributed by atoms with Gasteiger partial charge < -0.3 is 9.30 Å². The summed E-state index contributed by atoms with van der Waals surface area (Å²) in [5.74, 6) is -0.347. The Morgan fingerprint density at radius 3 is 2.63 bits per heavy atom. The number of hydrogen-bond acceptors (Lipinski definition) is 3. The van der Waals surface area contributed by atoms with Crippen LogP contribution >= 0.6 is 34.2 Å². The molecule has 0 aliphatic rings. The molecule has 0 N–H and O–H groups in total. The zero-order valence-corrected chi connectivity index (χ0v) is 17.8. The maximum Gasteiger partial charge on any atom is 0.337 e. The Morgan fingerprint density at radius 1 is 1.22 bits per heavy atom. The molecule has 0 saturated carbocycles. The summed E-state index contributed by atoms with van der Waals surface area (Å²) in [6, 6.07) is 15.7. The van der Waals surface area contributed by atoms with Gasteiger partial charge in [-0.15, -0.1) is 0 Å². The van der Waals surface area contributed by atoms with Crippen LogP contribution in [0.4, 0.5) is 0 Å². The molecule has 138 valence electrons. The Morgan fingerprint density at radius 2 is 1.96 bits per heavy atom. The Kier molecular flexibility index (Phi) is 6.40. The lowest BCUT2D eigenvalue weighted by molar-refractivity contribution is 0.0601. The van der Waals surface area contributed by atoms with Crippen molar-refractivity contribution in [3.05, 3.63) is 67.9 Å². The zero-order valence-electron chi connectivity index (χ0n) is 14.8. The molecule has 0 radical (unpaired) electrons. The van der Waals surface area contributed by atoms with Gasteiger partial charge in [0.25, 0.3) is 0 Å². The lowest BCUT2D eigenvalue weighted by atomic mass is 10.0. The van der Waals surface area contributed by atoms with Crippen molar-refractivity contribution in [2.75, 3.05) is 7.11 Å². The summed E-state index contributed by atoms with van der Waals surface area (Å²) in [6.07, 6.45) is 2.14. The highest BCUT2D eigenvalue weighted by Crippen LogP contribution is 2.30. The molecule has 0 fully saturated rings. The average molecular weight is 493 g/mol. The molecule has 0 aliphatic carbocycles. The minimum absolute atomic E-state index is 0.347. The minimum Gasteiger partial charge on any atom is -0.465 e. The van der Waals surface area contributed by atoms with E-state index in [0.29, 0.717) is 18.5 Å². The second kappa shape index (κ2) is 8.77. The van der Waals surface area contributed by atoms with Gasteiger partial charge in [0.1, 0.15) is 0 Å². The van der Waals surface area contributed by atoms with Gasteiger partial charge in [-0.25, -0.2) is 4.79 Å². The number of rotatable bonds is 6. The highest BCUT2D eigenvalue weighted by atomic mass is 127. The third-order valence-corrected chi connectivity index (χ3v) is 6.03. The quantitative estimate of drug-likeness (QED) is 0.343. The van der Waals surface area contributed by atoms with Crippen LogP contribution in [0.25, 0.3) is 10.9 Å². The van der Waals surface area contributed by atoms with Crippen LogP contribution < -0.4 is 0 Å². The first-order valence-corrected chi connectivity index (χ1v) is 10.0. The number of carbonyl (C=O) groups is 1. The van der Waals surface area contributed by atoms with E-state index < -0.39 is 0 Å². The summed E-state index contributed by atoms with van der Waals surface area (Å²) >= 11 is 8.31. The van der Waals surface area contributed by atoms with E-state index >= 15 is 0 Å². The topological polar surface area (TPSA) is 55.0 Å². The van der Waals surface area contributed by atoms with Gasteiger partial charge in [0, 0.05) is 22.5 Å². The van der Waals surface area contributed by atoms with E-state index in [2.05, 4.69) is 33.2 Å². The van der Waals surface area contributed by atoms with Crippen LogP contribution in [0.15, 0.2) is 42.5 Å². The highest BCUT2D eigenvalue weighted by molar-refractivity contribution is 14.1. The first-order chi connectivity index (χ1) is 13.0. The molecule has 0 bridgehead atoms. The third kappa shape index (κ3) is 4.28. The number of halogens is 2. The van der Waals surface area contributed by atoms with Crippen LogP contribution in [0.1, 0.15) is 27.9 Å². The molecule has 3 rings (SSSR count). The Labute approximate surface area is 176 Å². The van der Waals surface area contributed by atoms with Crippen molar-refractivity contribution < 1.29 is 9.53 Å². The molecule has 3 aromatic rings. The van der Waals surface area contributed by atoms with Crippen molar-refractivity contribution in [3.63, 3.8) is 0 Å². The maximum absolute atomic E-state index is 12.0. The molecular weight excluding hydrogens is 475 g/mol. The van der Waals surface area contributed by atoms with Gasteiger partial charge >= 0.3 is 5.97 Å². The van der Waals surface area contributed by atoms with Gasteiger partial charge in [0.2, 0.25) is 0 Å². The summed E-state index contributed by atoms with van der Waals surface area (Å²) in [5.41, 5.74) is 3.96. The molecule has 1 heterocycles. The van der Waals surface area contributed by atoms with E-state index in [-0.39, 0.29) is 5.97 Å². The van der Waals surface area contributed by atoms with Crippen molar-refractivity contribution in [3.8, 4) is 6.07 Å². The fraction of sp³-hybridized carbons (Fsp3) is 0.238. The van der Waals surface area contributed by atoms with Crippen LogP contribution in [0.5, 0.6) is 0 Å². The summed E-state index contributed by atoms with van der Waals surface area (Å²) in [6.45, 7) is 0.629. The lowest BCUT2D eigenvalue weighted by Gasteiger charge is -2.05. The number of nitriles is 1. The third-order valence-electron chi connectivity index (χ3n) is 4.54. The number of aromatic nitrogens is 1. The molecule has 1 aromatic heterocycles. The molecule has 0 aliphatic heterocycles. The van der Waals surface area contributed by atoms with Crippen LogP contribution in [-0.4, -0.2) is 17.6 Å². The molecule has 0 atom stereocenters. The minimum atomic E-state index is -0.347. The van der Waals surface area contributed by atoms with Gasteiger partial charge in [-0.05, 0) is 76.9 Å². The van der Waals surface area contributed by atoms with Crippen molar-refractivity contribution in [1.29, 1.82) is 5.26 Å². The number of fused-ring (bicyclic) bond motifs is 1. The van der Waals surface area contributed by atoms with Gasteiger partial charge in [-0.2, -0.15) is 5.26 Å². The summed E-state index contributed by atoms with van der Waals surface area (Å²) in [4.78, 5) is 12.0. The number of ether oxygens (including phenoxy) is 1. The van der Waals surface area contributed by atoms with Crippen molar-refractivity contribution in [2.45, 2.75) is 25.8 Å². The first-order valence-electron chi connectivity index (χ1n) is 8.55. The second-order valence-electron chi connectivity index (χ2n) is 6.18. The second-order valence-corrected chi connectivity index (χ2v) is 7.64. The average Bonchev–Trinajstić information content (AvgIpc) is 2.95. The van der Waals surface area contributed by atoms with E-state index in [1.807, 2.05) is 36.4 Å². The largest absolute Gasteiger partial charge is 0.465 e. The fourth-order valence-electron chi connectivity index (χ4n) is 3.18. The predicted molar refractivity (Wildman–Crippen MR) is 115 cm³/mol. The monoisotopic (exact) mass is 492 g/mol. The predicted octanol–water partition coefficient (Wildman–Crippen LogP) is 5.38. The van der Waals surface area contributed by atoms with Gasteiger partial charge in [-0.3, -0.25) is 0 Å². The van der Waals surface area contributed by atoms with Crippen molar-refractivity contribution in [1.82, 2.24) is 4.57 Å². The molecule has 27 heavy (non-hydrogen) atoms. The van der Waals surface area contributed by atoms with Crippen LogP contribution in [0.3, 0.4) is 0 Å². The van der Waals surface area contributed by atoms with Gasteiger partial charge in [-0.1, -0.05) is 23.7 Å². The molecular formula is C21H18ClIN2O2. The van der Waals surface area contributed by atoms with Crippen LogP contribution in [-0.2, 0) is 24.1 Å². The standard InChI is InChI=1S/C21H18ClIN2O2/c1-27-21(26)15-6-10-19-18(13-15)17(20(23)25(19)12-2-11-24)9-5-14-3-7-16(22)8-4-14/h3-4,6-8,10,13H,2,5,9,12H2,1H3. The zero-order chi connectivity index (χ0) is 19.4. The summed E-state index contributed by atoms with van der Waals surface area (Å²) < 4.78 is 8.12. The summed E-state index contributed by atoms with van der Waals surface area (Å²) in [7, 11) is 1.38. The highest BCUT2D eigenvalue weighted by Gasteiger charge is 2.17. The number of benzene rings is 2. The molecule has 6 heteroatoms. The summed E-state index contributed by atoms with van der Waals surface area (Å²) in [5, 5.41) is 10.7. The van der Waals surface area contributed by atoms with Crippen molar-refractivity contribution in [2.24, 2.45) is 0 Å². The molecule has 0 saturated heterocycles. The van der Waals surface area contributed by atoms with Gasteiger partial charge in [0.05, 0.1) is 28.9 Å². The number of carbonyl (C=O) groups excluding carboxylic acids is 1. The Hall–Kier alpha value is -2.04. The smallest absolute Gasteiger partial charge is 0.337 e. The number of methoxy groups -OCH3 is 1. The number of aryl methyl sites for hydroxylation is 3. The van der Waals surface area contributed by atoms with E-state index in [4.69, 9.17) is 21.6 Å². The van der Waals surface area contributed by atoms with E-state index in [1.54, 1.807) is 6.07 Å². The maximum atomic E-state index is 12.0. The Bertz CT molecular complexity index is 1020. The number of hydrogen-bond donors (Lipinski definition) is 0. The fourth-order valence-corrected chi connectivity index (χ4v) is 4.36. The Balaban J connectivity index is 2.02. The number of esters is 1. The van der Waals surface area contributed by atoms with Crippen LogP contribution in [0, 0.1) is 15.0 Å². The van der Waals surface area contributed by atoms with Crippen molar-refractivity contribution >= 4 is 51.1 Å². The molecule has 4 nitrogen and oxygen atoms in total. The van der Waals surface area contributed by atoms with E-state index in [9.17, 15) is 4.79 Å². The SMILES string of the molecule is COC(=O)c1ccc2c(c1)c(CCc1ccc(Cl)cc1)c(I)n2CCC#N. The molecule has 0 unspecified atom stereocenters. The lowest BCUT2D eigenvalue weighted by Crippen LogP contribution is -2.02. The molecule has 0 amide bonds. The van der Waals surface area contributed by atoms with Crippen LogP contribution in [0.2, 0.25) is 5.02 Å². The normalized spacial score (nSPS) is 10.7. The number of nitrogens with zero attached hydrogens (tertiary/aromatic N) is 2. The van der Waals surface area contributed by atoms with Gasteiger partial charge in [0.15, 0.2) is 0 Å². The first kappa shape index (κ1) is 19.7. The molecule has 2 aromatic carbocycles. The van der Waals surface area contributed by atoms with E-state index in [0.717, 1.165) is 32.5 Å². The van der Waals surface area contributed by atoms with E-state index in [1.165, 1.54) is 18.2 Å². The molecule has 0 spiro atoms.